The van der Waals surface area contributed by atoms with Gasteiger partial charge in [-0.25, -0.2) is 14.6 Å². The largest absolute Gasteiger partial charge is 0.331 e. The second-order valence-corrected chi connectivity index (χ2v) is 7.09. The van der Waals surface area contributed by atoms with Crippen LogP contribution in [-0.2, 0) is 20.1 Å². The van der Waals surface area contributed by atoms with E-state index in [0.29, 0.717) is 18.6 Å². The molecular formula is C16H14N8OS. The molecule has 0 aliphatic heterocycles. The summed E-state index contributed by atoms with van der Waals surface area (Å²) in [6, 6.07) is 1.83. The zero-order valence-corrected chi connectivity index (χ0v) is 14.6. The number of imidazole rings is 1. The van der Waals surface area contributed by atoms with Crippen LogP contribution in [0.1, 0.15) is 10.7 Å². The quantitative estimate of drug-likeness (QED) is 0.518. The van der Waals surface area contributed by atoms with Crippen molar-refractivity contribution in [2.45, 2.75) is 13.1 Å². The molecule has 9 nitrogen and oxygen atoms in total. The molecule has 5 rings (SSSR count). The first kappa shape index (κ1) is 15.0. The van der Waals surface area contributed by atoms with Gasteiger partial charge in [-0.3, -0.25) is 9.89 Å². The fraction of sp³-hybridized carbons (Fsp3) is 0.188. The number of hydrogen-bond acceptors (Lipinski definition) is 6. The Labute approximate surface area is 150 Å². The van der Waals surface area contributed by atoms with E-state index in [1.807, 2.05) is 28.4 Å². The number of aromatic amines is 1. The molecule has 0 aliphatic rings. The van der Waals surface area contributed by atoms with E-state index in [-0.39, 0.29) is 5.56 Å². The highest BCUT2D eigenvalue weighted by Crippen LogP contribution is 2.31. The van der Waals surface area contributed by atoms with Crippen LogP contribution in [0.2, 0.25) is 0 Å². The summed E-state index contributed by atoms with van der Waals surface area (Å²) < 4.78 is 6.24. The van der Waals surface area contributed by atoms with Gasteiger partial charge in [0.05, 0.1) is 36.0 Å². The number of thiazole rings is 1. The SMILES string of the molecule is Cn1c2nc(Cn3ccnc3)sc2c2cnn(Cc3ccn[nH]3)c(=O)c21. The molecule has 0 amide bonds. The normalized spacial score (nSPS) is 11.7. The summed E-state index contributed by atoms with van der Waals surface area (Å²) in [5.74, 6) is 0. The van der Waals surface area contributed by atoms with Crippen molar-refractivity contribution in [3.63, 3.8) is 0 Å². The summed E-state index contributed by atoms with van der Waals surface area (Å²) in [6.45, 7) is 1.01. The number of aromatic nitrogens is 8. The predicted molar refractivity (Wildman–Crippen MR) is 97.2 cm³/mol. The van der Waals surface area contributed by atoms with Gasteiger partial charge in [0.25, 0.3) is 5.56 Å². The van der Waals surface area contributed by atoms with Gasteiger partial charge in [0.2, 0.25) is 0 Å². The minimum absolute atomic E-state index is 0.138. The molecule has 0 aliphatic carbocycles. The van der Waals surface area contributed by atoms with E-state index in [0.717, 1.165) is 26.4 Å². The summed E-state index contributed by atoms with van der Waals surface area (Å²) in [6.07, 6.45) is 8.81. The number of hydrogen-bond donors (Lipinski definition) is 1. The van der Waals surface area contributed by atoms with E-state index in [2.05, 4.69) is 20.3 Å². The van der Waals surface area contributed by atoms with E-state index in [1.54, 1.807) is 36.3 Å². The highest BCUT2D eigenvalue weighted by atomic mass is 32.1. The number of aryl methyl sites for hydroxylation is 1. The second-order valence-electron chi connectivity index (χ2n) is 6.01. The van der Waals surface area contributed by atoms with Crippen LogP contribution < -0.4 is 5.56 Å². The number of rotatable bonds is 4. The minimum atomic E-state index is -0.138. The molecule has 0 saturated heterocycles. The fourth-order valence-electron chi connectivity index (χ4n) is 3.08. The molecule has 0 saturated carbocycles. The molecule has 0 bridgehead atoms. The van der Waals surface area contributed by atoms with Gasteiger partial charge >= 0.3 is 0 Å². The van der Waals surface area contributed by atoms with Crippen LogP contribution in [0.5, 0.6) is 0 Å². The van der Waals surface area contributed by atoms with Crippen molar-refractivity contribution in [1.29, 1.82) is 0 Å². The summed E-state index contributed by atoms with van der Waals surface area (Å²) in [4.78, 5) is 21.7. The summed E-state index contributed by atoms with van der Waals surface area (Å²) in [5.41, 5.74) is 2.11. The molecule has 1 N–H and O–H groups in total. The molecule has 5 heterocycles. The van der Waals surface area contributed by atoms with Gasteiger partial charge in [0, 0.05) is 31.0 Å². The predicted octanol–water partition coefficient (Wildman–Crippen LogP) is 1.36. The van der Waals surface area contributed by atoms with E-state index in [4.69, 9.17) is 4.98 Å². The lowest BCUT2D eigenvalue weighted by molar-refractivity contribution is 0.631. The smallest absolute Gasteiger partial charge is 0.291 e. The number of fused-ring (bicyclic) bond motifs is 3. The zero-order valence-electron chi connectivity index (χ0n) is 13.8. The van der Waals surface area contributed by atoms with Crippen LogP contribution in [0.25, 0.3) is 21.3 Å². The van der Waals surface area contributed by atoms with Gasteiger partial charge in [-0.2, -0.15) is 10.2 Å². The lowest BCUT2D eigenvalue weighted by Gasteiger charge is -2.04. The highest BCUT2D eigenvalue weighted by molar-refractivity contribution is 7.19. The van der Waals surface area contributed by atoms with Gasteiger partial charge in [0.15, 0.2) is 5.65 Å². The van der Waals surface area contributed by atoms with Gasteiger partial charge in [-0.1, -0.05) is 0 Å². The molecule has 5 aromatic heterocycles. The lowest BCUT2D eigenvalue weighted by atomic mass is 10.3. The van der Waals surface area contributed by atoms with Crippen molar-refractivity contribution in [3.05, 3.63) is 58.2 Å². The number of nitrogens with zero attached hydrogens (tertiary/aromatic N) is 7. The molecule has 0 aromatic carbocycles. The number of nitrogens with one attached hydrogen (secondary N) is 1. The van der Waals surface area contributed by atoms with Crippen LogP contribution in [0.3, 0.4) is 0 Å². The van der Waals surface area contributed by atoms with Crippen molar-refractivity contribution < 1.29 is 0 Å². The Morgan fingerprint density at radius 3 is 2.96 bits per heavy atom. The average molecular weight is 366 g/mol. The van der Waals surface area contributed by atoms with Crippen LogP contribution in [0.15, 0.2) is 42.0 Å². The molecule has 26 heavy (non-hydrogen) atoms. The van der Waals surface area contributed by atoms with Crippen molar-refractivity contribution in [3.8, 4) is 0 Å². The van der Waals surface area contributed by atoms with Crippen molar-refractivity contribution in [2.24, 2.45) is 7.05 Å². The van der Waals surface area contributed by atoms with Crippen LogP contribution >= 0.6 is 11.3 Å². The average Bonchev–Trinajstić information content (AvgIpc) is 3.39. The van der Waals surface area contributed by atoms with Crippen molar-refractivity contribution >= 4 is 32.6 Å². The number of H-pyrrole nitrogens is 1. The third-order valence-electron chi connectivity index (χ3n) is 4.33. The van der Waals surface area contributed by atoms with Crippen LogP contribution in [0.4, 0.5) is 0 Å². The summed E-state index contributed by atoms with van der Waals surface area (Å²) in [5, 5.41) is 12.9. The molecule has 0 radical (unpaired) electrons. The summed E-state index contributed by atoms with van der Waals surface area (Å²) >= 11 is 1.58. The molecule has 0 unspecified atom stereocenters. The Morgan fingerprint density at radius 1 is 1.27 bits per heavy atom. The molecule has 0 spiro atoms. The molecule has 0 atom stereocenters. The van der Waals surface area contributed by atoms with Crippen molar-refractivity contribution in [1.82, 2.24) is 39.1 Å². The Hall–Kier alpha value is -3.27. The Kier molecular flexibility index (Phi) is 3.25. The Bertz CT molecular complexity index is 1260. The zero-order chi connectivity index (χ0) is 17.7. The molecule has 0 fully saturated rings. The van der Waals surface area contributed by atoms with Gasteiger partial charge in [0.1, 0.15) is 10.5 Å². The topological polar surface area (TPSA) is 99.2 Å². The maximum atomic E-state index is 12.9. The monoisotopic (exact) mass is 366 g/mol. The second kappa shape index (κ2) is 5.63. The fourth-order valence-corrected chi connectivity index (χ4v) is 4.20. The van der Waals surface area contributed by atoms with E-state index < -0.39 is 0 Å². The first-order chi connectivity index (χ1) is 12.7. The molecule has 5 aromatic rings. The maximum absolute atomic E-state index is 12.9. The lowest BCUT2D eigenvalue weighted by Crippen LogP contribution is -2.24. The Morgan fingerprint density at radius 2 is 2.19 bits per heavy atom. The maximum Gasteiger partial charge on any atom is 0.291 e. The highest BCUT2D eigenvalue weighted by Gasteiger charge is 2.18. The van der Waals surface area contributed by atoms with E-state index in [9.17, 15) is 4.79 Å². The first-order valence-electron chi connectivity index (χ1n) is 7.98. The molecular weight excluding hydrogens is 352 g/mol. The van der Waals surface area contributed by atoms with Gasteiger partial charge < -0.3 is 9.13 Å². The van der Waals surface area contributed by atoms with Crippen LogP contribution in [-0.4, -0.2) is 39.1 Å². The van der Waals surface area contributed by atoms with E-state index in [1.165, 1.54) is 4.68 Å². The third kappa shape index (κ3) is 2.26. The van der Waals surface area contributed by atoms with Gasteiger partial charge in [-0.05, 0) is 6.07 Å². The Balaban J connectivity index is 1.62. The van der Waals surface area contributed by atoms with E-state index >= 15 is 0 Å². The molecule has 130 valence electrons. The van der Waals surface area contributed by atoms with Gasteiger partial charge in [-0.15, -0.1) is 11.3 Å². The van der Waals surface area contributed by atoms with Crippen LogP contribution in [0, 0.1) is 0 Å². The van der Waals surface area contributed by atoms with Crippen molar-refractivity contribution in [2.75, 3.05) is 0 Å². The minimum Gasteiger partial charge on any atom is -0.331 e. The summed E-state index contributed by atoms with van der Waals surface area (Å²) in [7, 11) is 1.87. The standard InChI is InChI=1S/C16H14N8OS/c1-22-13-11(6-19-24(16(13)25)7-10-2-3-18-21-10)14-15(22)20-12(26-14)8-23-5-4-17-9-23/h2-6,9H,7-8H2,1H3,(H,18,21). The third-order valence-corrected chi connectivity index (χ3v) is 5.39. The first-order valence-corrected chi connectivity index (χ1v) is 8.80. The molecule has 10 heteroatoms.